The molecular weight excluding hydrogens is 1360 g/mol. The fraction of sp³-hybridized carbons (Fsp3) is 1.00. The fourth-order valence-electron chi connectivity index (χ4n) is 22.8. The van der Waals surface area contributed by atoms with Gasteiger partial charge >= 0.3 is 0 Å². The molecule has 0 N–H and O–H groups in total. The van der Waals surface area contributed by atoms with Crippen molar-refractivity contribution in [1.29, 1.82) is 0 Å². The molecule has 12 bridgehead atoms. The summed E-state index contributed by atoms with van der Waals surface area (Å²) in [4.78, 5) is 0. The zero-order valence-electron chi connectivity index (χ0n) is 76.0. The van der Waals surface area contributed by atoms with Crippen LogP contribution in [-0.4, -0.2) is 131 Å². The highest BCUT2D eigenvalue weighted by Crippen LogP contribution is 2.61. The van der Waals surface area contributed by atoms with E-state index in [0.29, 0.717) is 77.9 Å². The van der Waals surface area contributed by atoms with Gasteiger partial charge in [0.15, 0.2) is 0 Å². The van der Waals surface area contributed by atoms with E-state index in [-0.39, 0.29) is 22.3 Å². The average molecular weight is 1560 g/mol. The quantitative estimate of drug-likeness (QED) is 0.0834. The van der Waals surface area contributed by atoms with Crippen molar-refractivity contribution in [2.45, 2.75) is 434 Å². The topological polar surface area (TPSA) is 92.3 Å². The maximum absolute atomic E-state index is 5.92. The molecule has 0 amide bonds. The first-order valence-electron chi connectivity index (χ1n) is 46.9. The molecule has 0 saturated heterocycles. The molecule has 0 aromatic carbocycles. The summed E-state index contributed by atoms with van der Waals surface area (Å²) in [5.74, 6) is 19.6. The van der Waals surface area contributed by atoms with Gasteiger partial charge in [0.05, 0.1) is 55.4 Å². The number of rotatable bonds is 26. The molecule has 16 rings (SSSR count). The number of methoxy groups -OCH3 is 5. The molecule has 0 aromatic rings. The van der Waals surface area contributed by atoms with E-state index >= 15 is 0 Å². The number of hydrogen-bond donors (Lipinski definition) is 0. The lowest BCUT2D eigenvalue weighted by molar-refractivity contribution is -0.123. The highest BCUT2D eigenvalue weighted by Gasteiger charge is 2.52. The van der Waals surface area contributed by atoms with Crippen molar-refractivity contribution in [2.24, 2.45) is 130 Å². The van der Waals surface area contributed by atoms with Crippen molar-refractivity contribution < 1.29 is 47.4 Å². The monoisotopic (exact) mass is 1560 g/mol. The highest BCUT2D eigenvalue weighted by atomic mass is 16.5. The molecule has 0 heterocycles. The molecule has 110 heavy (non-hydrogen) atoms. The van der Waals surface area contributed by atoms with Crippen molar-refractivity contribution in [3.8, 4) is 0 Å². The zero-order valence-corrected chi connectivity index (χ0v) is 76.0. The lowest BCUT2D eigenvalue weighted by atomic mass is 9.50. The second kappa shape index (κ2) is 60.1. The molecule has 10 heteroatoms. The molecule has 10 unspecified atom stereocenters. The van der Waals surface area contributed by atoms with Gasteiger partial charge < -0.3 is 47.4 Å². The predicted molar refractivity (Wildman–Crippen MR) is 476 cm³/mol. The van der Waals surface area contributed by atoms with Crippen molar-refractivity contribution in [2.75, 3.05) is 81.8 Å². The summed E-state index contributed by atoms with van der Waals surface area (Å²) >= 11 is 0. The Hall–Kier alpha value is -0.400. The smallest absolute Gasteiger partial charge is 0.0631 e. The van der Waals surface area contributed by atoms with Crippen LogP contribution in [0.15, 0.2) is 0 Å². The third-order valence-electron chi connectivity index (χ3n) is 30.4. The molecule has 0 spiro atoms. The van der Waals surface area contributed by atoms with Crippen molar-refractivity contribution in [3.63, 3.8) is 0 Å². The Kier molecular flexibility index (Phi) is 58.8. The third kappa shape index (κ3) is 38.8. The minimum Gasteiger partial charge on any atom is -0.381 e. The summed E-state index contributed by atoms with van der Waals surface area (Å²) in [5.41, 5.74) is 0.630. The van der Waals surface area contributed by atoms with E-state index in [9.17, 15) is 0 Å². The van der Waals surface area contributed by atoms with Crippen molar-refractivity contribution in [3.05, 3.63) is 0 Å². The summed E-state index contributed by atoms with van der Waals surface area (Å²) in [5, 5.41) is 0. The van der Waals surface area contributed by atoms with Crippen LogP contribution in [0, 0.1) is 130 Å². The summed E-state index contributed by atoms with van der Waals surface area (Å²) in [7, 11) is 8.90. The van der Waals surface area contributed by atoms with Crippen LogP contribution in [0.1, 0.15) is 385 Å². The van der Waals surface area contributed by atoms with Crippen molar-refractivity contribution >= 4 is 0 Å². The van der Waals surface area contributed by atoms with Gasteiger partial charge in [-0.1, -0.05) is 162 Å². The lowest BCUT2D eigenvalue weighted by Gasteiger charge is -2.56. The average Bonchev–Trinajstić information content (AvgIpc) is 1.88. The van der Waals surface area contributed by atoms with E-state index in [1.165, 1.54) is 193 Å². The van der Waals surface area contributed by atoms with E-state index in [1.807, 2.05) is 21.1 Å². The lowest BCUT2D eigenvalue weighted by Crippen LogP contribution is -2.49. The Morgan fingerprint density at radius 1 is 0.318 bits per heavy atom. The van der Waals surface area contributed by atoms with Crippen LogP contribution in [0.3, 0.4) is 0 Å². The van der Waals surface area contributed by atoms with Crippen LogP contribution in [-0.2, 0) is 47.4 Å². The van der Waals surface area contributed by atoms with Crippen molar-refractivity contribution in [1.82, 2.24) is 0 Å². The van der Waals surface area contributed by atoms with E-state index in [4.69, 9.17) is 47.4 Å². The Morgan fingerprint density at radius 3 is 1.04 bits per heavy atom. The Bertz CT molecular complexity index is 1990. The molecule has 0 radical (unpaired) electrons. The van der Waals surface area contributed by atoms with Gasteiger partial charge in [-0.25, -0.2) is 0 Å². The molecule has 0 aliphatic heterocycles. The summed E-state index contributed by atoms with van der Waals surface area (Å²) in [6, 6.07) is 0. The van der Waals surface area contributed by atoms with E-state index < -0.39 is 0 Å². The highest BCUT2D eigenvalue weighted by molar-refractivity contribution is 5.02. The molecule has 16 aliphatic rings. The fourth-order valence-corrected chi connectivity index (χ4v) is 22.8. The maximum Gasteiger partial charge on any atom is 0.0631 e. The SMILES string of the molecule is C.C.C.CCC(C)C(C)OC.CCOC(C)C(C)C.CCOC1C2CC3CC(C2)CC1C3.CCOC1CCCC(C2CCCCC2)C1.CCOCC12CC3CC(CC(C3)C1)C2.CCOCC1C2CC3CC(C2)CC1C3.COC(C)C(C)C.COC(C)C(C)C(C)C.COC(C)C1CCCC1.COC(C)C1CCCCC1. The van der Waals surface area contributed by atoms with Gasteiger partial charge in [0.2, 0.25) is 0 Å². The van der Waals surface area contributed by atoms with Gasteiger partial charge in [0.25, 0.3) is 0 Å². The molecule has 10 nitrogen and oxygen atoms in total. The van der Waals surface area contributed by atoms with Gasteiger partial charge in [0.1, 0.15) is 0 Å². The summed E-state index contributed by atoms with van der Waals surface area (Å²) in [6.07, 6.45) is 55.0. The molecule has 660 valence electrons. The summed E-state index contributed by atoms with van der Waals surface area (Å²) in [6.45, 7) is 49.6. The van der Waals surface area contributed by atoms with E-state index in [2.05, 4.69) is 132 Å². The van der Waals surface area contributed by atoms with E-state index in [1.54, 1.807) is 53.4 Å². The normalized spacial score (nSPS) is 32.7. The van der Waals surface area contributed by atoms with Gasteiger partial charge in [0, 0.05) is 75.2 Å². The minimum absolute atomic E-state index is 0. The molecule has 16 aliphatic carbocycles. The first-order valence-corrected chi connectivity index (χ1v) is 46.9. The maximum atomic E-state index is 5.92. The molecular formula is C100H200O10. The minimum atomic E-state index is 0. The van der Waals surface area contributed by atoms with Crippen LogP contribution < -0.4 is 0 Å². The van der Waals surface area contributed by atoms with Gasteiger partial charge in [-0.3, -0.25) is 0 Å². The van der Waals surface area contributed by atoms with Crippen LogP contribution in [0.25, 0.3) is 0 Å². The van der Waals surface area contributed by atoms with Crippen LogP contribution >= 0.6 is 0 Å². The Labute approximate surface area is 689 Å². The number of hydrogen-bond acceptors (Lipinski definition) is 10. The molecule has 16 fully saturated rings. The van der Waals surface area contributed by atoms with E-state index in [0.717, 1.165) is 147 Å². The second-order valence-corrected chi connectivity index (χ2v) is 38.8. The van der Waals surface area contributed by atoms with Crippen LogP contribution in [0.5, 0.6) is 0 Å². The number of ether oxygens (including phenoxy) is 10. The predicted octanol–water partition coefficient (Wildman–Crippen LogP) is 28.2. The van der Waals surface area contributed by atoms with Gasteiger partial charge in [-0.15, -0.1) is 0 Å². The largest absolute Gasteiger partial charge is 0.381 e. The molecule has 10 atom stereocenters. The van der Waals surface area contributed by atoms with Crippen LogP contribution in [0.4, 0.5) is 0 Å². The standard InChI is InChI=1S/C14H26O.2C13H22O.C12H20O.C9H18O.C8H16O.C8H18O.2C7H16O.C6H14O.3CH4/c1-2-15-14-10-6-9-13(11-14)12-7-4-3-5-8-12;1-2-14-9-13-6-10-3-11(7-13)5-12(4-10)8-13;1-2-14-8-13-11-4-9-3-10(6-11)7-12(13)5-9;1-2-13-12-10-4-8-3-9(6-10)7-11(12)5-8;1-8(10-2)9-6-4-3-5-7-9;1-7(9-2)8-5-3-4-6-8;1-6(2)7(3)8(4)9-5;1-5-6(2)7(3)8-4;1-5-8-7(4)6(2)3;1-5(2)6(3)7-4;;;/h12-14H,2-11H2,1H3;10-12H,2-9H2,1H3;9-13H,2-8H2,1H3;8-12H,2-7H2,1H3;8-9H,3-7H2,1-2H3;7-8H,3-6H2,1-2H3;6-8H,1-5H3;2*6-7H,5H2,1-4H3;5-6H,1-4H3;3*1H4. The third-order valence-corrected chi connectivity index (χ3v) is 30.4. The van der Waals surface area contributed by atoms with Gasteiger partial charge in [-0.05, 0) is 354 Å². The van der Waals surface area contributed by atoms with Crippen LogP contribution in [0.2, 0.25) is 0 Å². The first-order chi connectivity index (χ1) is 51.3. The Balaban J connectivity index is 0.000000616. The molecule has 0 aromatic heterocycles. The van der Waals surface area contributed by atoms with Gasteiger partial charge in [-0.2, -0.15) is 0 Å². The summed E-state index contributed by atoms with van der Waals surface area (Å²) < 4.78 is 54.2. The Morgan fingerprint density at radius 2 is 0.709 bits per heavy atom. The zero-order chi connectivity index (χ0) is 79.0. The second-order valence-electron chi connectivity index (χ2n) is 38.8. The molecule has 16 saturated carbocycles. The first kappa shape index (κ1) is 108.